The van der Waals surface area contributed by atoms with Crippen molar-refractivity contribution in [3.05, 3.63) is 58.7 Å². The predicted molar refractivity (Wildman–Crippen MR) is 78.3 cm³/mol. The molecule has 0 saturated carbocycles. The van der Waals surface area contributed by atoms with Crippen LogP contribution in [0.25, 0.3) is 0 Å². The van der Waals surface area contributed by atoms with Crippen molar-refractivity contribution >= 4 is 11.6 Å². The Morgan fingerprint density at radius 2 is 1.67 bits per heavy atom. The van der Waals surface area contributed by atoms with Crippen molar-refractivity contribution in [2.45, 2.75) is 12.3 Å². The van der Waals surface area contributed by atoms with Crippen LogP contribution >= 0.6 is 11.6 Å². The Labute approximate surface area is 127 Å². The first-order valence-electron chi connectivity index (χ1n) is 6.29. The molecule has 0 aliphatic carbocycles. The molecule has 0 N–H and O–H groups in total. The quantitative estimate of drug-likeness (QED) is 0.767. The summed E-state index contributed by atoms with van der Waals surface area (Å²) in [6.07, 6.45) is 0. The van der Waals surface area contributed by atoms with E-state index in [0.29, 0.717) is 22.6 Å². The van der Waals surface area contributed by atoms with Crippen LogP contribution in [0.15, 0.2) is 30.3 Å². The van der Waals surface area contributed by atoms with E-state index in [1.54, 1.807) is 25.1 Å². The monoisotopic (exact) mass is 312 g/mol. The Kier molecular flexibility index (Phi) is 4.68. The molecule has 0 aliphatic rings. The molecule has 2 rings (SSSR count). The third-order valence-electron chi connectivity index (χ3n) is 3.26. The van der Waals surface area contributed by atoms with E-state index in [1.807, 2.05) is 0 Å². The lowest BCUT2D eigenvalue weighted by Gasteiger charge is -2.17. The van der Waals surface area contributed by atoms with Gasteiger partial charge in [0.05, 0.1) is 19.6 Å². The summed E-state index contributed by atoms with van der Waals surface area (Å²) in [4.78, 5) is 0. The highest BCUT2D eigenvalue weighted by Gasteiger charge is 2.21. The molecule has 1 unspecified atom stereocenters. The molecule has 1 atom stereocenters. The summed E-state index contributed by atoms with van der Waals surface area (Å²) in [7, 11) is 3.03. The van der Waals surface area contributed by atoms with Crippen LogP contribution in [0.5, 0.6) is 11.5 Å². The highest BCUT2D eigenvalue weighted by molar-refractivity contribution is 6.22. The van der Waals surface area contributed by atoms with Crippen LogP contribution in [0.2, 0.25) is 0 Å². The van der Waals surface area contributed by atoms with Gasteiger partial charge in [0.1, 0.15) is 23.1 Å². The maximum Gasteiger partial charge on any atom is 0.131 e. The first kappa shape index (κ1) is 15.6. The topological polar surface area (TPSA) is 18.5 Å². The van der Waals surface area contributed by atoms with Gasteiger partial charge in [0, 0.05) is 17.2 Å². The Bertz CT molecular complexity index is 659. The van der Waals surface area contributed by atoms with Crippen molar-refractivity contribution in [1.29, 1.82) is 0 Å². The number of rotatable bonds is 4. The molecular formula is C16H15ClF2O2. The summed E-state index contributed by atoms with van der Waals surface area (Å²) >= 11 is 6.38. The van der Waals surface area contributed by atoms with Gasteiger partial charge in [-0.3, -0.25) is 0 Å². The molecule has 0 amide bonds. The third kappa shape index (κ3) is 3.10. The minimum absolute atomic E-state index is 0.196. The van der Waals surface area contributed by atoms with Crippen molar-refractivity contribution < 1.29 is 18.3 Å². The Morgan fingerprint density at radius 3 is 2.29 bits per heavy atom. The van der Waals surface area contributed by atoms with E-state index >= 15 is 0 Å². The van der Waals surface area contributed by atoms with Gasteiger partial charge in [0.2, 0.25) is 0 Å². The van der Waals surface area contributed by atoms with Gasteiger partial charge in [0.25, 0.3) is 0 Å². The van der Waals surface area contributed by atoms with Crippen molar-refractivity contribution in [3.63, 3.8) is 0 Å². The fourth-order valence-corrected chi connectivity index (χ4v) is 2.42. The maximum absolute atomic E-state index is 14.0. The number of aryl methyl sites for hydroxylation is 1. The second kappa shape index (κ2) is 6.31. The maximum atomic E-state index is 14.0. The molecular weight excluding hydrogens is 298 g/mol. The number of alkyl halides is 1. The molecule has 21 heavy (non-hydrogen) atoms. The van der Waals surface area contributed by atoms with Crippen LogP contribution in [0, 0.1) is 18.6 Å². The number of ether oxygens (including phenoxy) is 2. The minimum atomic E-state index is -0.811. The largest absolute Gasteiger partial charge is 0.497 e. The second-order valence-electron chi connectivity index (χ2n) is 4.59. The SMILES string of the molecule is COc1ccc(OC)c(C(Cl)c2cc(C)c(F)cc2F)c1. The number of hydrogen-bond donors (Lipinski definition) is 0. The molecule has 5 heteroatoms. The van der Waals surface area contributed by atoms with E-state index in [4.69, 9.17) is 21.1 Å². The minimum Gasteiger partial charge on any atom is -0.497 e. The number of halogens is 3. The molecule has 0 aromatic heterocycles. The molecule has 0 fully saturated rings. The van der Waals surface area contributed by atoms with E-state index < -0.39 is 17.0 Å². The van der Waals surface area contributed by atoms with E-state index in [-0.39, 0.29) is 5.56 Å². The van der Waals surface area contributed by atoms with Gasteiger partial charge < -0.3 is 9.47 Å². The predicted octanol–water partition coefficient (Wildman–Crippen LogP) is 4.62. The summed E-state index contributed by atoms with van der Waals surface area (Å²) in [5.41, 5.74) is 1.09. The summed E-state index contributed by atoms with van der Waals surface area (Å²) in [5.74, 6) is -0.200. The molecule has 0 radical (unpaired) electrons. The van der Waals surface area contributed by atoms with E-state index in [1.165, 1.54) is 20.3 Å². The van der Waals surface area contributed by atoms with Crippen LogP contribution in [0.4, 0.5) is 8.78 Å². The molecule has 0 bridgehead atoms. The van der Waals surface area contributed by atoms with Crippen LogP contribution in [0.1, 0.15) is 22.1 Å². The van der Waals surface area contributed by atoms with Gasteiger partial charge in [0.15, 0.2) is 0 Å². The average Bonchev–Trinajstić information content (AvgIpc) is 2.49. The zero-order chi connectivity index (χ0) is 15.6. The molecule has 2 nitrogen and oxygen atoms in total. The summed E-state index contributed by atoms with van der Waals surface area (Å²) < 4.78 is 37.7. The van der Waals surface area contributed by atoms with Crippen molar-refractivity contribution in [1.82, 2.24) is 0 Å². The standard InChI is InChI=1S/C16H15ClF2O2/c1-9-6-11(14(19)8-13(9)18)16(17)12-7-10(20-2)4-5-15(12)21-3/h4-8,16H,1-3H3. The zero-order valence-corrected chi connectivity index (χ0v) is 12.7. The third-order valence-corrected chi connectivity index (χ3v) is 3.73. The molecule has 0 aliphatic heterocycles. The Balaban J connectivity index is 2.53. The summed E-state index contributed by atoms with van der Waals surface area (Å²) in [6.45, 7) is 1.56. The molecule has 0 spiro atoms. The zero-order valence-electron chi connectivity index (χ0n) is 11.9. The van der Waals surface area contributed by atoms with Gasteiger partial charge in [-0.25, -0.2) is 8.78 Å². The average molecular weight is 313 g/mol. The fraction of sp³-hybridized carbons (Fsp3) is 0.250. The van der Waals surface area contributed by atoms with Crippen molar-refractivity contribution in [3.8, 4) is 11.5 Å². The lowest BCUT2D eigenvalue weighted by atomic mass is 10.0. The highest BCUT2D eigenvalue weighted by Crippen LogP contribution is 2.38. The Morgan fingerprint density at radius 1 is 0.952 bits per heavy atom. The van der Waals surface area contributed by atoms with E-state index in [9.17, 15) is 8.78 Å². The summed E-state index contributed by atoms with van der Waals surface area (Å²) in [5, 5.41) is -0.811. The van der Waals surface area contributed by atoms with Gasteiger partial charge in [-0.15, -0.1) is 11.6 Å². The van der Waals surface area contributed by atoms with Crippen molar-refractivity contribution in [2.24, 2.45) is 0 Å². The van der Waals surface area contributed by atoms with Crippen LogP contribution in [0.3, 0.4) is 0 Å². The van der Waals surface area contributed by atoms with Gasteiger partial charge in [-0.05, 0) is 36.8 Å². The molecule has 2 aromatic carbocycles. The van der Waals surface area contributed by atoms with Crippen LogP contribution < -0.4 is 9.47 Å². The summed E-state index contributed by atoms with van der Waals surface area (Å²) in [6, 6.07) is 7.33. The van der Waals surface area contributed by atoms with Crippen LogP contribution in [-0.4, -0.2) is 14.2 Å². The van der Waals surface area contributed by atoms with Gasteiger partial charge in [-0.2, -0.15) is 0 Å². The molecule has 112 valence electrons. The highest BCUT2D eigenvalue weighted by atomic mass is 35.5. The normalized spacial score (nSPS) is 12.1. The lowest BCUT2D eigenvalue weighted by Crippen LogP contribution is -2.02. The first-order valence-corrected chi connectivity index (χ1v) is 6.73. The van der Waals surface area contributed by atoms with Gasteiger partial charge in [-0.1, -0.05) is 0 Å². The van der Waals surface area contributed by atoms with E-state index in [2.05, 4.69) is 0 Å². The molecule has 2 aromatic rings. The first-order chi connectivity index (χ1) is 9.97. The molecule has 0 heterocycles. The van der Waals surface area contributed by atoms with Crippen molar-refractivity contribution in [2.75, 3.05) is 14.2 Å². The van der Waals surface area contributed by atoms with Gasteiger partial charge >= 0.3 is 0 Å². The number of methoxy groups -OCH3 is 2. The van der Waals surface area contributed by atoms with E-state index in [0.717, 1.165) is 6.07 Å². The molecule has 0 saturated heterocycles. The number of benzene rings is 2. The number of hydrogen-bond acceptors (Lipinski definition) is 2. The lowest BCUT2D eigenvalue weighted by molar-refractivity contribution is 0.399. The fourth-order valence-electron chi connectivity index (χ4n) is 2.08. The second-order valence-corrected chi connectivity index (χ2v) is 5.03. The Hall–Kier alpha value is -1.81. The van der Waals surface area contributed by atoms with Crippen LogP contribution in [-0.2, 0) is 0 Å². The smallest absolute Gasteiger partial charge is 0.131 e.